The molecule has 1 rings (SSSR count). The fourth-order valence-electron chi connectivity index (χ4n) is 2.79. The van der Waals surface area contributed by atoms with E-state index in [1.807, 2.05) is 6.92 Å². The molecule has 0 saturated heterocycles. The number of hydrogen-bond acceptors (Lipinski definition) is 4. The van der Waals surface area contributed by atoms with E-state index in [0.717, 1.165) is 32.1 Å². The zero-order chi connectivity index (χ0) is 18.3. The Morgan fingerprint density at radius 2 is 1.88 bits per heavy atom. The lowest BCUT2D eigenvalue weighted by molar-refractivity contribution is 0.0276. The summed E-state index contributed by atoms with van der Waals surface area (Å²) in [4.78, 5) is 4.42. The molecule has 156 valence electrons. The number of guanidine groups is 1. The molecule has 0 aliphatic heterocycles. The lowest BCUT2D eigenvalue weighted by atomic mass is 9.98. The summed E-state index contributed by atoms with van der Waals surface area (Å²) in [7, 11) is 0. The smallest absolute Gasteiger partial charge is 0.191 e. The van der Waals surface area contributed by atoms with Gasteiger partial charge in [-0.3, -0.25) is 4.99 Å². The first-order chi connectivity index (χ1) is 12.1. The third-order valence-corrected chi connectivity index (χ3v) is 4.09. The van der Waals surface area contributed by atoms with Crippen molar-refractivity contribution in [1.29, 1.82) is 0 Å². The van der Waals surface area contributed by atoms with Crippen LogP contribution in [0.4, 0.5) is 0 Å². The van der Waals surface area contributed by atoms with E-state index < -0.39 is 6.10 Å². The Morgan fingerprint density at radius 3 is 2.54 bits per heavy atom. The SMILES string of the molecule is CCNC(=NCC(O)COCC(C)C)NCCCOC1CCCCC1.I. The molecule has 0 radical (unpaired) electrons. The molecule has 26 heavy (non-hydrogen) atoms. The molecule has 0 aromatic heterocycles. The molecule has 0 heterocycles. The molecular formula is C19H40IN3O3. The van der Waals surface area contributed by atoms with Gasteiger partial charge in [-0.2, -0.15) is 0 Å². The van der Waals surface area contributed by atoms with E-state index >= 15 is 0 Å². The first kappa shape index (κ1) is 25.9. The van der Waals surface area contributed by atoms with E-state index in [-0.39, 0.29) is 24.0 Å². The van der Waals surface area contributed by atoms with Crippen molar-refractivity contribution < 1.29 is 14.6 Å². The second-order valence-corrected chi connectivity index (χ2v) is 7.22. The number of rotatable bonds is 12. The van der Waals surface area contributed by atoms with Gasteiger partial charge in [-0.25, -0.2) is 0 Å². The first-order valence-electron chi connectivity index (χ1n) is 10.0. The maximum atomic E-state index is 9.93. The van der Waals surface area contributed by atoms with Gasteiger partial charge in [0, 0.05) is 26.3 Å². The predicted octanol–water partition coefficient (Wildman–Crippen LogP) is 2.93. The van der Waals surface area contributed by atoms with Gasteiger partial charge in [0.05, 0.1) is 25.4 Å². The van der Waals surface area contributed by atoms with Gasteiger partial charge in [-0.05, 0) is 32.1 Å². The molecule has 7 heteroatoms. The Morgan fingerprint density at radius 1 is 1.15 bits per heavy atom. The van der Waals surface area contributed by atoms with E-state index in [4.69, 9.17) is 9.47 Å². The average Bonchev–Trinajstić information content (AvgIpc) is 2.60. The molecular weight excluding hydrogens is 445 g/mol. The summed E-state index contributed by atoms with van der Waals surface area (Å²) in [5.74, 6) is 1.22. The fraction of sp³-hybridized carbons (Fsp3) is 0.947. The third-order valence-electron chi connectivity index (χ3n) is 4.09. The monoisotopic (exact) mass is 485 g/mol. The van der Waals surface area contributed by atoms with Crippen LogP contribution in [0.2, 0.25) is 0 Å². The van der Waals surface area contributed by atoms with Crippen LogP contribution >= 0.6 is 24.0 Å². The van der Waals surface area contributed by atoms with Crippen LogP contribution in [0, 0.1) is 5.92 Å². The summed E-state index contributed by atoms with van der Waals surface area (Å²) >= 11 is 0. The molecule has 6 nitrogen and oxygen atoms in total. The summed E-state index contributed by atoms with van der Waals surface area (Å²) < 4.78 is 11.4. The Labute approximate surface area is 176 Å². The molecule has 1 atom stereocenters. The summed E-state index contributed by atoms with van der Waals surface area (Å²) in [6.45, 7) is 9.96. The molecule has 1 aliphatic rings. The Kier molecular flexibility index (Phi) is 16.9. The number of hydrogen-bond donors (Lipinski definition) is 3. The van der Waals surface area contributed by atoms with Gasteiger partial charge in [0.25, 0.3) is 0 Å². The summed E-state index contributed by atoms with van der Waals surface area (Å²) in [5.41, 5.74) is 0. The molecule has 1 unspecified atom stereocenters. The van der Waals surface area contributed by atoms with Crippen molar-refractivity contribution in [2.45, 2.75) is 71.5 Å². The number of aliphatic hydroxyl groups is 1. The van der Waals surface area contributed by atoms with Gasteiger partial charge < -0.3 is 25.2 Å². The van der Waals surface area contributed by atoms with Gasteiger partial charge in [0.1, 0.15) is 0 Å². The van der Waals surface area contributed by atoms with Crippen molar-refractivity contribution in [2.24, 2.45) is 10.9 Å². The van der Waals surface area contributed by atoms with Crippen molar-refractivity contribution in [3.05, 3.63) is 0 Å². The molecule has 3 N–H and O–H groups in total. The zero-order valence-corrected chi connectivity index (χ0v) is 19.2. The normalized spacial score (nSPS) is 17.0. The number of aliphatic imine (C=N–C) groups is 1. The molecule has 1 aliphatic carbocycles. The van der Waals surface area contributed by atoms with Crippen molar-refractivity contribution in [3.8, 4) is 0 Å². The summed E-state index contributed by atoms with van der Waals surface area (Å²) in [6, 6.07) is 0. The van der Waals surface area contributed by atoms with Gasteiger partial charge in [0.15, 0.2) is 5.96 Å². The van der Waals surface area contributed by atoms with Crippen LogP contribution in [0.3, 0.4) is 0 Å². The van der Waals surface area contributed by atoms with E-state index in [2.05, 4.69) is 29.5 Å². The molecule has 0 aromatic carbocycles. The Bertz CT molecular complexity index is 351. The van der Waals surface area contributed by atoms with Gasteiger partial charge in [0.2, 0.25) is 0 Å². The van der Waals surface area contributed by atoms with Crippen LogP contribution in [-0.4, -0.2) is 62.7 Å². The second kappa shape index (κ2) is 17.0. The lowest BCUT2D eigenvalue weighted by Gasteiger charge is -2.22. The molecule has 0 spiro atoms. The third kappa shape index (κ3) is 14.0. The standard InChI is InChI=1S/C19H39N3O3.HI/c1-4-20-19(22-13-17(23)15-24-14-16(2)3)21-11-8-12-25-18-9-6-5-7-10-18;/h16-18,23H,4-15H2,1-3H3,(H2,20,21,22);1H. The average molecular weight is 485 g/mol. The highest BCUT2D eigenvalue weighted by molar-refractivity contribution is 14.0. The maximum Gasteiger partial charge on any atom is 0.191 e. The predicted molar refractivity (Wildman–Crippen MR) is 119 cm³/mol. The highest BCUT2D eigenvalue weighted by Gasteiger charge is 2.13. The highest BCUT2D eigenvalue weighted by atomic mass is 127. The zero-order valence-electron chi connectivity index (χ0n) is 16.8. The van der Waals surface area contributed by atoms with E-state index in [1.54, 1.807) is 0 Å². The number of nitrogens with zero attached hydrogens (tertiary/aromatic N) is 1. The number of nitrogens with one attached hydrogen (secondary N) is 2. The Balaban J connectivity index is 0.00000625. The van der Waals surface area contributed by atoms with Gasteiger partial charge >= 0.3 is 0 Å². The van der Waals surface area contributed by atoms with Crippen molar-refractivity contribution in [3.63, 3.8) is 0 Å². The minimum Gasteiger partial charge on any atom is -0.389 e. The van der Waals surface area contributed by atoms with Crippen molar-refractivity contribution in [1.82, 2.24) is 10.6 Å². The van der Waals surface area contributed by atoms with Crippen LogP contribution < -0.4 is 10.6 Å². The van der Waals surface area contributed by atoms with Crippen LogP contribution in [0.5, 0.6) is 0 Å². The van der Waals surface area contributed by atoms with E-state index in [9.17, 15) is 5.11 Å². The summed E-state index contributed by atoms with van der Waals surface area (Å²) in [5, 5.41) is 16.4. The van der Waals surface area contributed by atoms with Crippen LogP contribution in [0.1, 0.15) is 59.3 Å². The summed E-state index contributed by atoms with van der Waals surface area (Å²) in [6.07, 6.45) is 7.27. The van der Waals surface area contributed by atoms with Crippen molar-refractivity contribution in [2.75, 3.05) is 39.5 Å². The van der Waals surface area contributed by atoms with Gasteiger partial charge in [-0.15, -0.1) is 24.0 Å². The second-order valence-electron chi connectivity index (χ2n) is 7.22. The van der Waals surface area contributed by atoms with E-state index in [1.165, 1.54) is 32.1 Å². The first-order valence-corrected chi connectivity index (χ1v) is 10.0. The minimum absolute atomic E-state index is 0. The topological polar surface area (TPSA) is 75.1 Å². The lowest BCUT2D eigenvalue weighted by Crippen LogP contribution is -2.39. The van der Waals surface area contributed by atoms with E-state index in [0.29, 0.717) is 31.8 Å². The maximum absolute atomic E-state index is 9.93. The highest BCUT2D eigenvalue weighted by Crippen LogP contribution is 2.20. The van der Waals surface area contributed by atoms with Crippen molar-refractivity contribution >= 4 is 29.9 Å². The van der Waals surface area contributed by atoms with Crippen LogP contribution in [0.25, 0.3) is 0 Å². The van der Waals surface area contributed by atoms with Crippen LogP contribution in [-0.2, 0) is 9.47 Å². The van der Waals surface area contributed by atoms with Crippen LogP contribution in [0.15, 0.2) is 4.99 Å². The number of halogens is 1. The minimum atomic E-state index is -0.566. The molecule has 0 bridgehead atoms. The number of aliphatic hydroxyl groups excluding tert-OH is 1. The fourth-order valence-corrected chi connectivity index (χ4v) is 2.79. The Hall–Kier alpha value is -0.120. The number of ether oxygens (including phenoxy) is 2. The molecule has 0 aromatic rings. The molecule has 0 amide bonds. The quantitative estimate of drug-likeness (QED) is 0.172. The molecule has 1 saturated carbocycles. The van der Waals surface area contributed by atoms with Gasteiger partial charge in [-0.1, -0.05) is 33.1 Å². The molecule has 1 fully saturated rings. The largest absolute Gasteiger partial charge is 0.389 e.